The van der Waals surface area contributed by atoms with Crippen LogP contribution in [-0.4, -0.2) is 0 Å². The lowest BCUT2D eigenvalue weighted by Gasteiger charge is -2.26. The van der Waals surface area contributed by atoms with Crippen LogP contribution >= 0.6 is 68.0 Å². The molecule has 0 aliphatic rings. The van der Waals surface area contributed by atoms with Crippen molar-refractivity contribution in [3.05, 3.63) is 514 Å². The maximum atomic E-state index is 8.54. The molecule has 28 rings (SSSR count). The van der Waals surface area contributed by atoms with Crippen molar-refractivity contribution in [2.75, 3.05) is 14.7 Å². The van der Waals surface area contributed by atoms with Crippen molar-refractivity contribution < 1.29 is 13.7 Å². The number of anilines is 9. The fourth-order valence-electron chi connectivity index (χ4n) is 21.1. The Balaban J connectivity index is 0.000000118. The SMILES string of the molecule is CC(C)(C)c1ccc(-c2ccc(N(c3ccc(-c4ccc(C(C)(C)C)cc4)cc3)c3cccc4c3sc3c4ccc4sc5ccccc5c43)cc2)cc1.[2H]c1c([2H])c([2H])c(-c2ccc(N(c3ccc(-c4c([2H])c([2H])c([2H])c([2H])c4[2H])cc3)c3cccc4c3sc3c4ccc4sc5ccccc5c43)cc2)c([2H])c1[2H].c1ccc(-c2ccc(N(c3ccc(-c4ccccc4-c4ccccc4)cc3)c3cccc4c3sc3c4ccc4sc5ccccc5c43)cc2)cc1. The molecule has 22 aromatic carbocycles. The van der Waals surface area contributed by atoms with Crippen LogP contribution in [0.3, 0.4) is 0 Å². The van der Waals surface area contributed by atoms with Gasteiger partial charge in [-0.25, -0.2) is 0 Å². The number of rotatable bonds is 16. The minimum absolute atomic E-state index is 0.116. The lowest BCUT2D eigenvalue weighted by atomic mass is 9.86. The Bertz CT molecular complexity index is 10300. The Kier molecular flexibility index (Phi) is 21.3. The number of hydrogen-bond acceptors (Lipinski definition) is 9. The van der Waals surface area contributed by atoms with E-state index in [0.29, 0.717) is 11.1 Å². The Hall–Kier alpha value is -16.4. The van der Waals surface area contributed by atoms with Crippen molar-refractivity contribution >= 4 is 240 Å². The summed E-state index contributed by atoms with van der Waals surface area (Å²) in [6, 6.07) is 155. The monoisotopic (exact) mass is 2030 g/mol. The number of benzene rings is 22. The highest BCUT2D eigenvalue weighted by Crippen LogP contribution is 2.55. The molecule has 712 valence electrons. The van der Waals surface area contributed by atoms with Crippen molar-refractivity contribution in [2.24, 2.45) is 0 Å². The van der Waals surface area contributed by atoms with Gasteiger partial charge in [0.25, 0.3) is 0 Å². The van der Waals surface area contributed by atoms with E-state index in [-0.39, 0.29) is 46.1 Å². The zero-order valence-electron chi connectivity index (χ0n) is 92.4. The summed E-state index contributed by atoms with van der Waals surface area (Å²) >= 11 is 11.1. The fraction of sp³-hybridized carbons (Fsp3) is 0.0571. The highest BCUT2D eigenvalue weighted by atomic mass is 32.1. The molecule has 0 spiro atoms. The first-order valence-electron chi connectivity index (χ1n) is 55.1. The minimum Gasteiger partial charge on any atom is -0.309 e. The number of hydrogen-bond donors (Lipinski definition) is 0. The molecule has 0 saturated heterocycles. The summed E-state index contributed by atoms with van der Waals surface area (Å²) < 4.78 is 98.4. The average Bonchev–Trinajstić information content (AvgIpc) is 1.58. The van der Waals surface area contributed by atoms with Gasteiger partial charge in [0.2, 0.25) is 0 Å². The Morgan fingerprint density at radius 3 is 0.691 bits per heavy atom. The molecule has 9 heteroatoms. The van der Waals surface area contributed by atoms with Crippen LogP contribution in [-0.2, 0) is 10.8 Å². The van der Waals surface area contributed by atoms with E-state index in [2.05, 4.69) is 438 Å². The van der Waals surface area contributed by atoms with E-state index in [1.807, 2.05) is 81.7 Å². The molecule has 6 aromatic heterocycles. The van der Waals surface area contributed by atoms with Crippen molar-refractivity contribution in [1.29, 1.82) is 0 Å². The molecular weight excluding hydrogens is 1920 g/mol. The first kappa shape index (κ1) is 81.7. The van der Waals surface area contributed by atoms with Gasteiger partial charge in [0.05, 0.1) is 44.9 Å². The fourth-order valence-corrected chi connectivity index (χ4v) is 28.7. The second kappa shape index (κ2) is 38.8. The first-order valence-corrected chi connectivity index (χ1v) is 55.0. The standard InChI is InChI=1S/C50H43NS2.C48H31NS2.C42H27NS2/c1-49(2,3)36-22-14-32(15-23-36)34-18-26-38(27-19-34)51(39-28-20-35(21-29-39)33-16-24-37(25-17-33)50(4,5)6)43-12-9-11-40-41-30-31-45-46(48(41)53-47(40)43)42-10-7-8-13-44(42)52-45;1-3-12-32(13-4-1)33-22-26-36(27-23-33)49(37-28-24-35(25-29-37)39-17-8-7-16-38(39)34-14-5-2-6-15-34)43-20-11-19-40-41-30-31-45-46(48(41)51-47(40)43)42-18-9-10-21-44(42)50-45;1-3-10-28(11-4-1)30-18-22-32(23-19-30)43(33-24-20-31(21-25-33)29-12-5-2-6-13-29)37-16-9-15-34-35-26-27-39-40(42(35)45-41(34)37)36-14-7-8-17-38(36)44-39/h7-31H,1-6H3;1-31H;1-27H/i;;1D,2D,3D,4D,5D,6D,10D,11D,12D,13D. The van der Waals surface area contributed by atoms with Crippen LogP contribution in [0.2, 0.25) is 0 Å². The van der Waals surface area contributed by atoms with Gasteiger partial charge in [0.15, 0.2) is 0 Å². The molecule has 0 amide bonds. The van der Waals surface area contributed by atoms with E-state index in [1.54, 1.807) is 46.9 Å². The van der Waals surface area contributed by atoms with Crippen LogP contribution in [0.25, 0.3) is 199 Å². The smallest absolute Gasteiger partial charge is 0.0640 e. The van der Waals surface area contributed by atoms with Gasteiger partial charge in [0.1, 0.15) is 0 Å². The highest BCUT2D eigenvalue weighted by molar-refractivity contribution is 7.32. The lowest BCUT2D eigenvalue weighted by Crippen LogP contribution is -2.10. The summed E-state index contributed by atoms with van der Waals surface area (Å²) in [5, 5.41) is 15.4. The maximum absolute atomic E-state index is 8.54. The predicted octanol–water partition coefficient (Wildman–Crippen LogP) is 43.9. The molecule has 6 heterocycles. The average molecular weight is 2030 g/mol. The van der Waals surface area contributed by atoms with Crippen molar-refractivity contribution in [3.8, 4) is 77.9 Å². The van der Waals surface area contributed by atoms with E-state index < -0.39 is 36.3 Å². The third kappa shape index (κ3) is 17.4. The molecule has 3 nitrogen and oxygen atoms in total. The Morgan fingerprint density at radius 1 is 0.168 bits per heavy atom. The lowest BCUT2D eigenvalue weighted by molar-refractivity contribution is 0.590. The van der Waals surface area contributed by atoms with Crippen molar-refractivity contribution in [2.45, 2.75) is 52.4 Å². The zero-order chi connectivity index (χ0) is 109. The summed E-state index contributed by atoms with van der Waals surface area (Å²) in [6.07, 6.45) is 0. The van der Waals surface area contributed by atoms with Crippen molar-refractivity contribution in [1.82, 2.24) is 0 Å². The van der Waals surface area contributed by atoms with E-state index in [4.69, 9.17) is 13.7 Å². The molecule has 0 bridgehead atoms. The summed E-state index contributed by atoms with van der Waals surface area (Å²) in [5.74, 6) is 0. The molecule has 0 fully saturated rings. The second-order valence-electron chi connectivity index (χ2n) is 39.7. The largest absolute Gasteiger partial charge is 0.309 e. The first-order chi connectivity index (χ1) is 77.3. The van der Waals surface area contributed by atoms with Crippen LogP contribution < -0.4 is 14.7 Å². The Labute approximate surface area is 906 Å². The Morgan fingerprint density at radius 2 is 0.396 bits per heavy atom. The van der Waals surface area contributed by atoms with Gasteiger partial charge in [0, 0.05) is 141 Å². The van der Waals surface area contributed by atoms with Crippen molar-refractivity contribution in [3.63, 3.8) is 0 Å². The van der Waals surface area contributed by atoms with Gasteiger partial charge in [-0.15, -0.1) is 68.0 Å². The summed E-state index contributed by atoms with van der Waals surface area (Å²) in [6.45, 7) is 13.6. The third-order valence-corrected chi connectivity index (χ3v) is 35.8. The molecular formula is C140H101N3S6. The normalized spacial score (nSPS) is 12.8. The van der Waals surface area contributed by atoms with Crippen LogP contribution in [0.4, 0.5) is 51.2 Å². The van der Waals surface area contributed by atoms with Gasteiger partial charge in [-0.05, 0) is 227 Å². The number of fused-ring (bicyclic) bond motifs is 21. The van der Waals surface area contributed by atoms with E-state index in [9.17, 15) is 0 Å². The molecule has 0 unspecified atom stereocenters. The van der Waals surface area contributed by atoms with E-state index in [1.165, 1.54) is 184 Å². The molecule has 0 radical (unpaired) electrons. The predicted molar refractivity (Wildman–Crippen MR) is 656 cm³/mol. The molecule has 0 aliphatic heterocycles. The number of nitrogens with zero attached hydrogens (tertiary/aromatic N) is 3. The molecule has 0 saturated carbocycles. The van der Waals surface area contributed by atoms with E-state index >= 15 is 0 Å². The highest BCUT2D eigenvalue weighted by Gasteiger charge is 2.28. The van der Waals surface area contributed by atoms with Crippen LogP contribution in [0.15, 0.2) is 503 Å². The zero-order valence-corrected chi connectivity index (χ0v) is 87.3. The van der Waals surface area contributed by atoms with Crippen LogP contribution in [0, 0.1) is 0 Å². The molecule has 28 aromatic rings. The molecule has 149 heavy (non-hydrogen) atoms. The van der Waals surface area contributed by atoms with Gasteiger partial charge in [-0.2, -0.15) is 0 Å². The van der Waals surface area contributed by atoms with Gasteiger partial charge in [-0.1, -0.05) is 417 Å². The summed E-state index contributed by atoms with van der Waals surface area (Å²) in [7, 11) is 0. The minimum atomic E-state index is -0.447. The second-order valence-corrected chi connectivity index (χ2v) is 46.0. The van der Waals surface area contributed by atoms with Gasteiger partial charge >= 0.3 is 0 Å². The van der Waals surface area contributed by atoms with Gasteiger partial charge < -0.3 is 14.7 Å². The third-order valence-electron chi connectivity index (χ3n) is 28.6. The van der Waals surface area contributed by atoms with Gasteiger partial charge in [-0.3, -0.25) is 0 Å². The van der Waals surface area contributed by atoms with Crippen LogP contribution in [0.5, 0.6) is 0 Å². The number of thiophene rings is 6. The molecule has 0 aliphatic carbocycles. The summed E-state index contributed by atoms with van der Waals surface area (Å²) in [5.41, 5.74) is 25.6. The topological polar surface area (TPSA) is 9.72 Å². The maximum Gasteiger partial charge on any atom is 0.0640 e. The van der Waals surface area contributed by atoms with Crippen LogP contribution in [0.1, 0.15) is 66.4 Å². The molecule has 0 N–H and O–H groups in total. The molecule has 0 atom stereocenters. The van der Waals surface area contributed by atoms with E-state index in [0.717, 1.165) is 55.3 Å². The quantitative estimate of drug-likeness (QED) is 0.0955. The summed E-state index contributed by atoms with van der Waals surface area (Å²) in [4.78, 5) is 6.96.